The van der Waals surface area contributed by atoms with E-state index in [2.05, 4.69) is 4.74 Å². The molecule has 1 rings (SSSR count). The van der Waals surface area contributed by atoms with Crippen LogP contribution in [0.5, 0.6) is 0 Å². The zero-order valence-electron chi connectivity index (χ0n) is 10.9. The number of ether oxygens (including phenoxy) is 2. The number of carbonyl (C=O) groups excluding carboxylic acids is 1. The van der Waals surface area contributed by atoms with Gasteiger partial charge in [0.15, 0.2) is 0 Å². The van der Waals surface area contributed by atoms with Crippen molar-refractivity contribution < 1.29 is 34.1 Å². The van der Waals surface area contributed by atoms with E-state index in [1.165, 1.54) is 12.1 Å². The molecule has 20 heavy (non-hydrogen) atoms. The van der Waals surface area contributed by atoms with Gasteiger partial charge in [-0.3, -0.25) is 0 Å². The molecule has 108 valence electrons. The molecular weight excluding hydrogens is 268 g/mol. The normalized spacial score (nSPS) is 14.9. The molecule has 2 atom stereocenters. The third kappa shape index (κ3) is 3.12. The summed E-state index contributed by atoms with van der Waals surface area (Å²) in [5.74, 6) is -4.10. The second-order valence-corrected chi connectivity index (χ2v) is 4.12. The van der Waals surface area contributed by atoms with Gasteiger partial charge in [-0.2, -0.15) is 0 Å². The maximum atomic E-state index is 11.9. The zero-order chi connectivity index (χ0) is 15.3. The fourth-order valence-corrected chi connectivity index (χ4v) is 1.60. The number of benzene rings is 1. The smallest absolute Gasteiger partial charge is 0.351 e. The van der Waals surface area contributed by atoms with Gasteiger partial charge in [0.25, 0.3) is 0 Å². The van der Waals surface area contributed by atoms with Gasteiger partial charge in [0.1, 0.15) is 0 Å². The molecule has 0 radical (unpaired) electrons. The van der Waals surface area contributed by atoms with Crippen LogP contribution in [0.3, 0.4) is 0 Å². The van der Waals surface area contributed by atoms with Crippen LogP contribution in [-0.4, -0.2) is 46.9 Å². The summed E-state index contributed by atoms with van der Waals surface area (Å²) in [5, 5.41) is 18.1. The van der Waals surface area contributed by atoms with Crippen molar-refractivity contribution in [3.05, 3.63) is 35.9 Å². The minimum atomic E-state index is -2.34. The maximum absolute atomic E-state index is 11.9. The number of carboxylic acids is 2. The molecule has 0 saturated heterocycles. The Kier molecular flexibility index (Phi) is 4.82. The zero-order valence-corrected chi connectivity index (χ0v) is 10.9. The summed E-state index contributed by atoms with van der Waals surface area (Å²) in [6.45, 7) is 0.971. The predicted molar refractivity (Wildman–Crippen MR) is 66.3 cm³/mol. The molecule has 2 N–H and O–H groups in total. The Balaban J connectivity index is 3.07. The Bertz CT molecular complexity index is 511. The lowest BCUT2D eigenvalue weighted by atomic mass is 9.98. The second-order valence-electron chi connectivity index (χ2n) is 4.12. The fraction of sp³-hybridized carbons (Fsp3) is 0.308. The van der Waals surface area contributed by atoms with Crippen LogP contribution in [0.15, 0.2) is 30.3 Å². The number of hydrogen-bond acceptors (Lipinski definition) is 5. The van der Waals surface area contributed by atoms with Gasteiger partial charge in [0, 0.05) is 7.11 Å². The third-order valence-corrected chi connectivity index (χ3v) is 2.70. The van der Waals surface area contributed by atoms with Crippen molar-refractivity contribution in [3.63, 3.8) is 0 Å². The molecule has 0 spiro atoms. The van der Waals surface area contributed by atoms with Crippen LogP contribution in [0, 0.1) is 0 Å². The largest absolute Gasteiger partial charge is 0.479 e. The highest BCUT2D eigenvalue weighted by Crippen LogP contribution is 2.21. The molecule has 0 fully saturated rings. The fourth-order valence-electron chi connectivity index (χ4n) is 1.60. The van der Waals surface area contributed by atoms with Crippen molar-refractivity contribution in [2.24, 2.45) is 0 Å². The highest BCUT2D eigenvalue weighted by atomic mass is 16.6. The molecule has 0 aliphatic heterocycles. The molecule has 0 bridgehead atoms. The van der Waals surface area contributed by atoms with Crippen LogP contribution in [-0.2, 0) is 19.1 Å². The Morgan fingerprint density at radius 1 is 1.15 bits per heavy atom. The van der Waals surface area contributed by atoms with Gasteiger partial charge in [0.2, 0.25) is 11.7 Å². The number of esters is 1. The van der Waals surface area contributed by atoms with Gasteiger partial charge in [-0.15, -0.1) is 0 Å². The molecule has 0 aliphatic rings. The van der Waals surface area contributed by atoms with E-state index in [-0.39, 0.29) is 5.56 Å². The van der Waals surface area contributed by atoms with Gasteiger partial charge < -0.3 is 19.7 Å². The van der Waals surface area contributed by atoms with E-state index in [0.29, 0.717) is 0 Å². The molecule has 1 aromatic carbocycles. The molecule has 0 aliphatic carbocycles. The van der Waals surface area contributed by atoms with Crippen molar-refractivity contribution in [1.82, 2.24) is 0 Å². The van der Waals surface area contributed by atoms with E-state index < -0.39 is 29.6 Å². The molecular formula is C13H14O7. The van der Waals surface area contributed by atoms with Crippen LogP contribution in [0.25, 0.3) is 0 Å². The first kappa shape index (κ1) is 15.6. The number of carbonyl (C=O) groups is 3. The quantitative estimate of drug-likeness (QED) is 0.742. The number of hydrogen-bond donors (Lipinski definition) is 2. The monoisotopic (exact) mass is 282 g/mol. The van der Waals surface area contributed by atoms with Gasteiger partial charge >= 0.3 is 17.9 Å². The molecule has 2 unspecified atom stereocenters. The summed E-state index contributed by atoms with van der Waals surface area (Å²) in [5.41, 5.74) is -2.23. The van der Waals surface area contributed by atoms with E-state index in [1.807, 2.05) is 0 Å². The van der Waals surface area contributed by atoms with Gasteiger partial charge in [-0.1, -0.05) is 18.2 Å². The van der Waals surface area contributed by atoms with E-state index in [4.69, 9.17) is 14.9 Å². The summed E-state index contributed by atoms with van der Waals surface area (Å²) in [4.78, 5) is 34.2. The van der Waals surface area contributed by atoms with Gasteiger partial charge in [-0.05, 0) is 19.1 Å². The molecule has 0 aromatic heterocycles. The van der Waals surface area contributed by atoms with E-state index in [9.17, 15) is 14.4 Å². The van der Waals surface area contributed by atoms with Crippen LogP contribution < -0.4 is 0 Å². The van der Waals surface area contributed by atoms with Crippen LogP contribution in [0.2, 0.25) is 0 Å². The summed E-state index contributed by atoms with van der Waals surface area (Å²) in [7, 11) is 1.02. The Hall–Kier alpha value is -2.41. The topological polar surface area (TPSA) is 110 Å². The average molecular weight is 282 g/mol. The first-order valence-electron chi connectivity index (χ1n) is 5.60. The molecule has 0 amide bonds. The lowest BCUT2D eigenvalue weighted by Gasteiger charge is -2.29. The highest BCUT2D eigenvalue weighted by molar-refractivity contribution is 5.94. The van der Waals surface area contributed by atoms with Crippen LogP contribution >= 0.6 is 0 Å². The second kappa shape index (κ2) is 6.16. The molecule has 7 nitrogen and oxygen atoms in total. The SMILES string of the molecule is COC(C(=O)O)C(C)(OC(=O)c1ccccc1)C(=O)O. The number of rotatable bonds is 6. The van der Waals surface area contributed by atoms with Crippen LogP contribution in [0.1, 0.15) is 17.3 Å². The Morgan fingerprint density at radius 2 is 1.70 bits per heavy atom. The predicted octanol–water partition coefficient (Wildman–Crippen LogP) is 0.786. The summed E-state index contributed by atoms with van der Waals surface area (Å²) in [6, 6.07) is 7.65. The van der Waals surface area contributed by atoms with Crippen LogP contribution in [0.4, 0.5) is 0 Å². The molecule has 0 saturated carbocycles. The van der Waals surface area contributed by atoms with E-state index >= 15 is 0 Å². The van der Waals surface area contributed by atoms with Crippen molar-refractivity contribution in [1.29, 1.82) is 0 Å². The van der Waals surface area contributed by atoms with Crippen molar-refractivity contribution in [3.8, 4) is 0 Å². The third-order valence-electron chi connectivity index (χ3n) is 2.70. The number of methoxy groups -OCH3 is 1. The average Bonchev–Trinajstić information content (AvgIpc) is 2.39. The van der Waals surface area contributed by atoms with Crippen molar-refractivity contribution >= 4 is 17.9 Å². The number of carboxylic acid groups (broad SMARTS) is 2. The first-order valence-corrected chi connectivity index (χ1v) is 5.60. The summed E-state index contributed by atoms with van der Waals surface area (Å²) >= 11 is 0. The Morgan fingerprint density at radius 3 is 2.10 bits per heavy atom. The first-order chi connectivity index (χ1) is 9.32. The minimum absolute atomic E-state index is 0.111. The minimum Gasteiger partial charge on any atom is -0.479 e. The van der Waals surface area contributed by atoms with E-state index in [0.717, 1.165) is 14.0 Å². The van der Waals surface area contributed by atoms with Crippen molar-refractivity contribution in [2.45, 2.75) is 18.6 Å². The van der Waals surface area contributed by atoms with Crippen molar-refractivity contribution in [2.75, 3.05) is 7.11 Å². The lowest BCUT2D eigenvalue weighted by Crippen LogP contribution is -2.54. The maximum Gasteiger partial charge on any atom is 0.351 e. The number of aliphatic carboxylic acids is 2. The van der Waals surface area contributed by atoms with Gasteiger partial charge in [-0.25, -0.2) is 14.4 Å². The standard InChI is InChI=1S/C13H14O7/c1-13(12(17)18,9(19-2)10(14)15)20-11(16)8-6-4-3-5-7-8/h3-7,9H,1-2H3,(H,14,15)(H,17,18). The summed E-state index contributed by atoms with van der Waals surface area (Å²) < 4.78 is 9.47. The molecule has 7 heteroatoms. The van der Waals surface area contributed by atoms with E-state index in [1.54, 1.807) is 18.2 Å². The lowest BCUT2D eigenvalue weighted by molar-refractivity contribution is -0.184. The molecule has 0 heterocycles. The summed E-state index contributed by atoms with van der Waals surface area (Å²) in [6.07, 6.45) is -1.83. The van der Waals surface area contributed by atoms with Gasteiger partial charge in [0.05, 0.1) is 5.56 Å². The molecule has 1 aromatic rings. The Labute approximate surface area is 114 Å². The highest BCUT2D eigenvalue weighted by Gasteiger charge is 2.50.